The number of fused-ring (bicyclic) bond motifs is 9. The fourth-order valence-corrected chi connectivity index (χ4v) is 17.6. The number of phosphoric ester groups is 1. The lowest BCUT2D eigenvalue weighted by Gasteiger charge is -2.35. The molecule has 148 heavy (non-hydrogen) atoms. The molecule has 0 saturated carbocycles. The number of aliphatic hydroxyl groups excluding tert-OH is 2. The highest BCUT2D eigenvalue weighted by atomic mass is 35.5. The van der Waals surface area contributed by atoms with Crippen LogP contribution in [-0.4, -0.2) is 290 Å². The number of aldehydes is 1. The number of halogens is 1. The van der Waals surface area contributed by atoms with E-state index in [1.807, 2.05) is 160 Å². The number of aliphatic hydroxyl groups is 2. The topological polar surface area (TPSA) is 545 Å². The van der Waals surface area contributed by atoms with E-state index in [2.05, 4.69) is 132 Å². The number of hydrogen-bond acceptors (Lipinski definition) is 29. The summed E-state index contributed by atoms with van der Waals surface area (Å²) in [5, 5.41) is 37.0. The molecule has 0 spiro atoms. The molecule has 3 aliphatic carbocycles. The zero-order valence-electron chi connectivity index (χ0n) is 88.1. The number of alkyl carbamates (subject to hydrolysis) is 3. The number of nitrogens with two attached hydrogens (primary N) is 2. The van der Waals surface area contributed by atoms with Crippen molar-refractivity contribution in [3.63, 3.8) is 0 Å². The van der Waals surface area contributed by atoms with Gasteiger partial charge >= 0.3 is 44.4 Å². The van der Waals surface area contributed by atoms with Crippen molar-refractivity contribution in [2.24, 2.45) is 11.5 Å². The number of rotatable bonds is 31. The van der Waals surface area contributed by atoms with Crippen molar-refractivity contribution in [3.8, 4) is 33.4 Å². The van der Waals surface area contributed by atoms with Crippen molar-refractivity contribution in [1.82, 2.24) is 56.8 Å². The lowest BCUT2D eigenvalue weighted by molar-refractivity contribution is -0.120. The Morgan fingerprint density at radius 2 is 0.750 bits per heavy atom. The zero-order valence-corrected chi connectivity index (χ0v) is 90.6. The second kappa shape index (κ2) is 56.9. The number of carbonyl (C=O) groups excluding carboxylic acids is 10. The van der Waals surface area contributed by atoms with E-state index in [4.69, 9.17) is 85.3 Å². The van der Waals surface area contributed by atoms with Gasteiger partial charge in [-0.25, -0.2) is 38.2 Å². The minimum Gasteiger partial charge on any atom is -0.449 e. The quantitative estimate of drug-likeness (QED) is 0.00830. The predicted molar refractivity (Wildman–Crippen MR) is 560 cm³/mol. The van der Waals surface area contributed by atoms with Crippen LogP contribution in [0.25, 0.3) is 33.4 Å². The van der Waals surface area contributed by atoms with Crippen molar-refractivity contribution < 1.29 is 129 Å². The average Bonchev–Trinajstić information content (AvgIpc) is 1.61. The molecule has 3 fully saturated rings. The van der Waals surface area contributed by atoms with E-state index in [0.29, 0.717) is 32.6 Å². The molecular weight excluding hydrogens is 1970 g/mol. The standard InChI is InChI=1S/C22H27N2O5P.C20H22N2O4.C18H19ClN2O3.C18H28N2O3.C11H22N2O3.C11H19NO4.C5H13N2O5P/c1-15(25)24-16(13-29-30(2,3)27)12-23-22(26)28-14-21-19-10-6-4-8-17(19)18-9-5-7-11-20(18)21;1-13(24)22-14(11-23)10-21-20(25)26-12-19-17-8-4-2-6-15(17)16-7-3-5-9-18(16)19;19-21-12(10-22)9-20-18(23)24-11-17-15-7-3-1-5-13(15)14-6-2-4-8-16(14)17;1-17(2,3)23-16(21)20-15(13-22-18(20,4)5)12-19-11-14-9-7-6-8-10-14;1-10(2,3)16-9(14)13-8(6-12)7-15-11(13,4)5;1-10(2,3)16-9(14)12-8(6-13)7-15-11(12,4)5;1-4(8)7-5(2-6)3-12-13(9,10)11/h4-11,16,21H,12-14H2,1-3H3,(H,23,26)(H,24,25);2-9,14,19,23H,10-12H2,1H3,(H,21,25)(H,22,24);1-8,12,17,21-22H,9-11H2,(H,20,23);6-10,15,19H,11-13H2,1-5H3;8H,6-7,12H2,1-5H3;6,8H,7H2,1-5H3;5H,2-3,6H2,1H3,(H,7,8)(H2,9,10,11)/t16-;14-;12-;15-;2*8-;5-/m1101111/s1. The first kappa shape index (κ1) is 123. The SMILES string of the molecule is CC(=O)N[C@@H](CO)CNC(=O)OCC1c2ccccc2-c2ccccc21.CC(=O)N[C@H](CN)COP(=O)(O)O.CC(=O)N[C@H](CNC(=O)OCC1c2ccccc2-c2ccccc21)COP(C)(C)=O.CC(C)(C)OC(=O)N1[C@H](C=O)COC1(C)C.CC(C)(C)OC(=O)N1[C@H](CN)COC1(C)C.CC(C)(C)OC(=O)N1[C@H](CNCc2ccccc2)COC1(C)C.O=C(NC[C@@H](CO)NCl)OCC1c2ccccc2-c2ccccc21. The molecule has 40 nitrogen and oxygen atoms in total. The van der Waals surface area contributed by atoms with Crippen molar-refractivity contribution in [3.05, 3.63) is 215 Å². The maximum absolute atomic E-state index is 12.5. The molecule has 6 aliphatic rings. The molecular formula is C105H150ClN13O27P2. The first-order chi connectivity index (χ1) is 69.5. The predicted octanol–water partition coefficient (Wildman–Crippen LogP) is 12.8. The maximum atomic E-state index is 12.5. The Balaban J connectivity index is 0.000000237. The third kappa shape index (κ3) is 39.8. The highest BCUT2D eigenvalue weighted by Crippen LogP contribution is 2.48. The van der Waals surface area contributed by atoms with Crippen molar-refractivity contribution in [1.29, 1.82) is 0 Å². The van der Waals surface area contributed by atoms with Crippen molar-refractivity contribution in [2.45, 2.75) is 225 Å². The summed E-state index contributed by atoms with van der Waals surface area (Å²) in [6, 6.07) is 56.3. The summed E-state index contributed by atoms with van der Waals surface area (Å²) >= 11 is 5.44. The van der Waals surface area contributed by atoms with Crippen LogP contribution in [0, 0.1) is 0 Å². The van der Waals surface area contributed by atoms with Gasteiger partial charge in [0.05, 0.1) is 82.5 Å². The summed E-state index contributed by atoms with van der Waals surface area (Å²) in [5.41, 5.74) is 22.3. The van der Waals surface area contributed by atoms with Gasteiger partial charge in [-0.2, -0.15) is 0 Å². The van der Waals surface area contributed by atoms with E-state index in [1.54, 1.807) is 44.4 Å². The molecule has 814 valence electrons. The number of carbonyl (C=O) groups is 10. The van der Waals surface area contributed by atoms with E-state index in [-0.39, 0.29) is 139 Å². The fourth-order valence-electron chi connectivity index (χ4n) is 16.5. The van der Waals surface area contributed by atoms with Gasteiger partial charge in [0.25, 0.3) is 0 Å². The van der Waals surface area contributed by atoms with Gasteiger partial charge in [0.2, 0.25) is 17.7 Å². The van der Waals surface area contributed by atoms with Gasteiger partial charge in [0.15, 0.2) is 7.37 Å². The van der Waals surface area contributed by atoms with Gasteiger partial charge in [-0.15, -0.1) is 0 Å². The van der Waals surface area contributed by atoms with Crippen LogP contribution in [0.3, 0.4) is 0 Å². The van der Waals surface area contributed by atoms with Crippen molar-refractivity contribution >= 4 is 87.5 Å². The fraction of sp³-hybridized carbons (Fsp3) is 0.505. The highest BCUT2D eigenvalue weighted by Gasteiger charge is 2.49. The summed E-state index contributed by atoms with van der Waals surface area (Å²) < 4.78 is 80.5. The normalized spacial score (nSPS) is 17.1. The van der Waals surface area contributed by atoms with Crippen molar-refractivity contribution in [2.75, 3.05) is 119 Å². The van der Waals surface area contributed by atoms with Gasteiger partial charge in [0.1, 0.15) is 66.1 Å². The third-order valence-electron chi connectivity index (χ3n) is 23.1. The van der Waals surface area contributed by atoms with Crippen LogP contribution in [0.1, 0.15) is 181 Å². The smallest absolute Gasteiger partial charge is 0.449 e. The van der Waals surface area contributed by atoms with Gasteiger partial charge in [-0.3, -0.25) is 38.2 Å². The molecule has 7 aromatic rings. The number of hydrogen-bond donors (Lipinski definition) is 14. The largest absolute Gasteiger partial charge is 0.469 e. The Bertz CT molecular complexity index is 5480. The van der Waals surface area contributed by atoms with Crippen LogP contribution in [0.4, 0.5) is 28.8 Å². The zero-order chi connectivity index (χ0) is 110. The Morgan fingerprint density at radius 3 is 1.07 bits per heavy atom. The minimum atomic E-state index is -4.48. The number of ether oxygens (including phenoxy) is 9. The van der Waals surface area contributed by atoms with Gasteiger partial charge in [0, 0.05) is 97.7 Å². The molecule has 43 heteroatoms. The lowest BCUT2D eigenvalue weighted by atomic mass is 9.98. The molecule has 3 aliphatic heterocycles. The van der Waals surface area contributed by atoms with Crippen LogP contribution in [0.5, 0.6) is 0 Å². The molecule has 0 unspecified atom stereocenters. The van der Waals surface area contributed by atoms with E-state index in [9.17, 15) is 62.2 Å². The Hall–Kier alpha value is -11.5. The second-order valence-corrected chi connectivity index (χ2v) is 44.5. The summed E-state index contributed by atoms with van der Waals surface area (Å²) in [5.74, 6) is -0.855. The van der Waals surface area contributed by atoms with Gasteiger partial charge in [-0.05, 0) is 188 Å². The molecule has 3 heterocycles. The lowest BCUT2D eigenvalue weighted by Crippen LogP contribution is -2.52. The van der Waals surface area contributed by atoms with E-state index < -0.39 is 104 Å². The molecule has 16 N–H and O–H groups in total. The van der Waals surface area contributed by atoms with E-state index in [1.165, 1.54) is 77.9 Å². The maximum Gasteiger partial charge on any atom is 0.469 e. The van der Waals surface area contributed by atoms with Gasteiger partial charge < -0.3 is 121 Å². The van der Waals surface area contributed by atoms with Crippen LogP contribution < -0.4 is 53.5 Å². The molecule has 0 bridgehead atoms. The van der Waals surface area contributed by atoms with E-state index >= 15 is 0 Å². The molecule has 9 amide bonds. The first-order valence-electron chi connectivity index (χ1n) is 48.6. The number of phosphoric acid groups is 1. The number of amides is 9. The van der Waals surface area contributed by atoms with Crippen LogP contribution in [-0.2, 0) is 86.5 Å². The number of nitrogens with zero attached hydrogens (tertiary/aromatic N) is 3. The molecule has 13 rings (SSSR count). The highest BCUT2D eigenvalue weighted by molar-refractivity contribution is 7.57. The molecule has 7 atom stereocenters. The Morgan fingerprint density at radius 1 is 0.446 bits per heavy atom. The summed E-state index contributed by atoms with van der Waals surface area (Å²) in [6.45, 7) is 37.9. The third-order valence-corrected chi connectivity index (χ3v) is 24.6. The van der Waals surface area contributed by atoms with Crippen LogP contribution >= 0.6 is 27.0 Å². The minimum absolute atomic E-state index is 0.00265. The second-order valence-electron chi connectivity index (χ2n) is 40.2. The average molecular weight is 2120 g/mol. The molecule has 3 saturated heterocycles. The molecule has 7 aromatic carbocycles. The van der Waals surface area contributed by atoms with Crippen LogP contribution in [0.2, 0.25) is 0 Å². The Kier molecular flexibility index (Phi) is 47.4. The van der Waals surface area contributed by atoms with Crippen LogP contribution in [0.15, 0.2) is 176 Å². The summed E-state index contributed by atoms with van der Waals surface area (Å²) in [6.07, 6.45) is -2.19. The first-order valence-corrected chi connectivity index (χ1v) is 53.0. The van der Waals surface area contributed by atoms with Gasteiger partial charge in [-0.1, -0.05) is 176 Å². The Labute approximate surface area is 872 Å². The summed E-state index contributed by atoms with van der Waals surface area (Å²) in [4.78, 5) is 140. The summed E-state index contributed by atoms with van der Waals surface area (Å²) in [7, 11) is -7.18. The number of benzene rings is 7. The monoisotopic (exact) mass is 2120 g/mol. The molecule has 0 radical (unpaired) electrons. The van der Waals surface area contributed by atoms with E-state index in [0.717, 1.165) is 39.9 Å². The number of nitrogens with one attached hydrogen (secondary N) is 8. The molecule has 0 aromatic heterocycles.